The van der Waals surface area contributed by atoms with E-state index in [0.29, 0.717) is 5.82 Å². The quantitative estimate of drug-likeness (QED) is 0.0986. The molecule has 1 unspecified atom stereocenters. The van der Waals surface area contributed by atoms with Gasteiger partial charge in [-0.1, -0.05) is 18.2 Å². The van der Waals surface area contributed by atoms with Crippen LogP contribution in [0.25, 0.3) is 11.2 Å². The second-order valence-corrected chi connectivity index (χ2v) is 12.7. The van der Waals surface area contributed by atoms with Crippen LogP contribution in [0.15, 0.2) is 36.7 Å². The zero-order valence-electron chi connectivity index (χ0n) is 24.9. The summed E-state index contributed by atoms with van der Waals surface area (Å²) in [5, 5.41) is 17.1. The number of methoxy groups -OCH3 is 1. The van der Waals surface area contributed by atoms with Crippen molar-refractivity contribution in [1.82, 2.24) is 24.6 Å². The molecule has 0 amide bonds. The number of fused-ring (bicyclic) bond motifs is 1. The number of halogens is 2. The van der Waals surface area contributed by atoms with Gasteiger partial charge in [-0.2, -0.15) is 15.1 Å². The summed E-state index contributed by atoms with van der Waals surface area (Å²) in [7, 11) is -3.21. The Kier molecular flexibility index (Phi) is 11.0. The number of nitrogen functional groups attached to an aromatic ring is 1. The number of benzene rings is 1. The zero-order valence-corrected chi connectivity index (χ0v) is 26.5. The van der Waals surface area contributed by atoms with Gasteiger partial charge in [0.15, 0.2) is 17.0 Å². The first-order chi connectivity index (χ1) is 20.9. The molecule has 5 N–H and O–H groups in total. The van der Waals surface area contributed by atoms with E-state index in [-0.39, 0.29) is 28.9 Å². The Labute approximate surface area is 259 Å². The van der Waals surface area contributed by atoms with E-state index < -0.39 is 56.3 Å². The number of ether oxygens (including phenoxy) is 2. The number of carbonyl (C=O) groups excluding carboxylic acids is 1. The summed E-state index contributed by atoms with van der Waals surface area (Å²) in [5.74, 6) is -0.819. The van der Waals surface area contributed by atoms with Crippen LogP contribution in [0.1, 0.15) is 46.3 Å². The van der Waals surface area contributed by atoms with Crippen molar-refractivity contribution in [2.24, 2.45) is 0 Å². The number of imidazole rings is 1. The molecule has 1 aliphatic carbocycles. The Morgan fingerprint density at radius 3 is 2.57 bits per heavy atom. The molecule has 0 bridgehead atoms. The molecule has 0 spiro atoms. The smallest absolute Gasteiger partial charge is 0.459 e. The van der Waals surface area contributed by atoms with Crippen molar-refractivity contribution < 1.29 is 37.4 Å². The first-order valence-corrected chi connectivity index (χ1v) is 16.2. The van der Waals surface area contributed by atoms with Crippen molar-refractivity contribution in [3.63, 3.8) is 0 Å². The lowest BCUT2D eigenvalue weighted by molar-refractivity contribution is -0.150. The molecule has 44 heavy (non-hydrogen) atoms. The molecule has 14 nitrogen and oxygen atoms in total. The predicted octanol–water partition coefficient (Wildman–Crippen LogP) is 3.96. The van der Waals surface area contributed by atoms with E-state index in [2.05, 4.69) is 25.4 Å². The minimum absolute atomic E-state index is 0.0311. The van der Waals surface area contributed by atoms with E-state index in [9.17, 15) is 14.5 Å². The number of carbonyl (C=O) groups is 1. The van der Waals surface area contributed by atoms with E-state index in [0.717, 1.165) is 30.2 Å². The van der Waals surface area contributed by atoms with Gasteiger partial charge in [0.05, 0.1) is 24.9 Å². The molecule has 0 aliphatic heterocycles. The third-order valence-corrected chi connectivity index (χ3v) is 9.16. The van der Waals surface area contributed by atoms with Gasteiger partial charge in [-0.25, -0.2) is 13.9 Å². The number of alkyl halides is 2. The molecule has 1 aromatic carbocycles. The monoisotopic (exact) mass is 657 g/mol. The molecule has 1 fully saturated rings. The first kappa shape index (κ1) is 33.8. The average molecular weight is 658 g/mol. The standard InChI is InChI=1S/C27H38ClFN7O7P/c1-16(2)42-25(38)17(3)35-44(39,43-19-11-6-5-7-12-19)41-14-27(13-28,40-4)21(37)22(29)36-15-31-20-23(32-18-9-8-10-18)33-26(30)34-24(20)36/h5-7,11-12,15-18,21-22,37H,8-10,13-14H2,1-4H3,(H,35,39)(H3,30,32,33,34)/t17-,21-,22-,27+,44?/m0/s1. The minimum Gasteiger partial charge on any atom is -0.462 e. The Morgan fingerprint density at radius 1 is 1.27 bits per heavy atom. The zero-order chi connectivity index (χ0) is 32.1. The molecule has 2 aromatic heterocycles. The van der Waals surface area contributed by atoms with Gasteiger partial charge in [-0.3, -0.25) is 13.9 Å². The van der Waals surface area contributed by atoms with Gasteiger partial charge in [-0.15, -0.1) is 11.6 Å². The average Bonchev–Trinajstić information content (AvgIpc) is 3.39. The summed E-state index contributed by atoms with van der Waals surface area (Å²) in [5.41, 5.74) is 4.23. The van der Waals surface area contributed by atoms with Gasteiger partial charge in [0, 0.05) is 13.2 Å². The fourth-order valence-corrected chi connectivity index (χ4v) is 6.22. The number of hydrogen-bond acceptors (Lipinski definition) is 12. The topological polar surface area (TPSA) is 185 Å². The van der Waals surface area contributed by atoms with Crippen LogP contribution in [0, 0.1) is 0 Å². The summed E-state index contributed by atoms with van der Waals surface area (Å²) >= 11 is 6.24. The molecule has 2 heterocycles. The molecule has 4 rings (SSSR count). The van der Waals surface area contributed by atoms with Crippen LogP contribution >= 0.6 is 19.3 Å². The van der Waals surface area contributed by atoms with E-state index in [4.69, 9.17) is 35.9 Å². The summed E-state index contributed by atoms with van der Waals surface area (Å²) in [6.45, 7) is 4.02. The molecular formula is C27H38ClFN7O7P. The Bertz CT molecular complexity index is 1460. The van der Waals surface area contributed by atoms with Gasteiger partial charge in [0.25, 0.3) is 0 Å². The number of hydrogen-bond donors (Lipinski definition) is 4. The van der Waals surface area contributed by atoms with E-state index in [1.165, 1.54) is 26.2 Å². The Hall–Kier alpha value is -3.07. The highest BCUT2D eigenvalue weighted by Crippen LogP contribution is 2.46. The molecular weight excluding hydrogens is 620 g/mol. The van der Waals surface area contributed by atoms with E-state index >= 15 is 4.39 Å². The molecule has 0 saturated heterocycles. The van der Waals surface area contributed by atoms with Crippen LogP contribution in [0.2, 0.25) is 0 Å². The fourth-order valence-electron chi connectivity index (χ4n) is 4.33. The number of para-hydroxylation sites is 1. The lowest BCUT2D eigenvalue weighted by Gasteiger charge is -2.37. The number of nitrogens with one attached hydrogen (secondary N) is 2. The van der Waals surface area contributed by atoms with Crippen LogP contribution in [-0.2, 0) is 23.4 Å². The molecule has 242 valence electrons. The highest BCUT2D eigenvalue weighted by molar-refractivity contribution is 7.52. The lowest BCUT2D eigenvalue weighted by Crippen LogP contribution is -2.53. The van der Waals surface area contributed by atoms with Crippen LogP contribution in [0.5, 0.6) is 5.75 Å². The largest absolute Gasteiger partial charge is 0.462 e. The minimum atomic E-state index is -4.40. The van der Waals surface area contributed by atoms with Crippen molar-refractivity contribution in [2.45, 2.75) is 76.2 Å². The van der Waals surface area contributed by atoms with Gasteiger partial charge in [-0.05, 0) is 52.2 Å². The predicted molar refractivity (Wildman–Crippen MR) is 162 cm³/mol. The normalized spacial score (nSPS) is 18.5. The molecule has 17 heteroatoms. The summed E-state index contributed by atoms with van der Waals surface area (Å²) in [6, 6.07) is 7.12. The van der Waals surface area contributed by atoms with Crippen LogP contribution in [-0.4, -0.2) is 80.1 Å². The molecule has 1 aliphatic rings. The number of nitrogens with two attached hydrogens (primary N) is 1. The highest BCUT2D eigenvalue weighted by Gasteiger charge is 2.47. The van der Waals surface area contributed by atoms with Crippen molar-refractivity contribution in [3.05, 3.63) is 36.7 Å². The van der Waals surface area contributed by atoms with Crippen molar-refractivity contribution in [2.75, 3.05) is 30.6 Å². The number of nitrogens with zero attached hydrogens (tertiary/aromatic N) is 4. The van der Waals surface area contributed by atoms with Crippen molar-refractivity contribution in [1.29, 1.82) is 0 Å². The second-order valence-electron chi connectivity index (χ2n) is 10.8. The van der Waals surface area contributed by atoms with Crippen molar-refractivity contribution in [3.8, 4) is 5.75 Å². The van der Waals surface area contributed by atoms with E-state index in [1.807, 2.05) is 0 Å². The first-order valence-electron chi connectivity index (χ1n) is 14.1. The number of rotatable bonds is 16. The van der Waals surface area contributed by atoms with Crippen LogP contribution < -0.4 is 20.7 Å². The Morgan fingerprint density at radius 2 is 1.98 bits per heavy atom. The Balaban J connectivity index is 1.58. The second kappa shape index (κ2) is 14.4. The SMILES string of the molecule is CO[C@](CCl)(COP(=O)(N[C@@H](C)C(=O)OC(C)C)Oc1ccccc1)[C@@H](O)[C@@H](F)n1cnc2c(NC3CCC3)nc(N)nc21. The maximum Gasteiger partial charge on any atom is 0.459 e. The van der Waals surface area contributed by atoms with Crippen molar-refractivity contribution >= 4 is 48.2 Å². The fraction of sp³-hybridized carbons (Fsp3) is 0.556. The summed E-state index contributed by atoms with van der Waals surface area (Å²) in [6.07, 6.45) is -0.526. The third kappa shape index (κ3) is 7.76. The maximum absolute atomic E-state index is 16.1. The molecule has 5 atom stereocenters. The lowest BCUT2D eigenvalue weighted by atomic mass is 9.93. The summed E-state index contributed by atoms with van der Waals surface area (Å²) < 4.78 is 53.1. The highest BCUT2D eigenvalue weighted by atomic mass is 35.5. The summed E-state index contributed by atoms with van der Waals surface area (Å²) in [4.78, 5) is 25.1. The molecule has 3 aromatic rings. The van der Waals surface area contributed by atoms with Crippen LogP contribution in [0.3, 0.4) is 0 Å². The number of esters is 1. The van der Waals surface area contributed by atoms with Gasteiger partial charge in [0.1, 0.15) is 23.5 Å². The molecule has 1 saturated carbocycles. The van der Waals surface area contributed by atoms with Crippen LogP contribution in [0.4, 0.5) is 16.2 Å². The number of aromatic nitrogens is 4. The van der Waals surface area contributed by atoms with Gasteiger partial charge in [0.2, 0.25) is 12.2 Å². The van der Waals surface area contributed by atoms with Gasteiger partial charge < -0.3 is 30.2 Å². The van der Waals surface area contributed by atoms with Gasteiger partial charge >= 0.3 is 13.7 Å². The number of anilines is 2. The van der Waals surface area contributed by atoms with E-state index in [1.54, 1.807) is 32.0 Å². The maximum atomic E-state index is 16.1. The third-order valence-electron chi connectivity index (χ3n) is 7.09. The molecule has 0 radical (unpaired) electrons. The number of aliphatic hydroxyl groups excluding tert-OH is 1. The number of aliphatic hydroxyl groups is 1.